The predicted octanol–water partition coefficient (Wildman–Crippen LogP) is 1.55. The predicted molar refractivity (Wildman–Crippen MR) is 41.5 cm³/mol. The largest absolute Gasteiger partial charge is 0.398 e. The highest BCUT2D eigenvalue weighted by Crippen LogP contribution is 2.13. The van der Waals surface area contributed by atoms with E-state index in [9.17, 15) is 4.39 Å². The molecule has 11 heavy (non-hydrogen) atoms. The zero-order valence-electron chi connectivity index (χ0n) is 6.30. The van der Waals surface area contributed by atoms with Crippen LogP contribution in [0.5, 0.6) is 0 Å². The van der Waals surface area contributed by atoms with E-state index >= 15 is 0 Å². The highest BCUT2D eigenvalue weighted by Gasteiger charge is 1.99. The van der Waals surface area contributed by atoms with Gasteiger partial charge in [0.15, 0.2) is 0 Å². The lowest BCUT2D eigenvalue weighted by molar-refractivity contribution is 0.185. The zero-order valence-corrected chi connectivity index (χ0v) is 6.30. The quantitative estimate of drug-likeness (QED) is 0.658. The molecule has 3 heteroatoms. The molecule has 0 aliphatic rings. The molecule has 60 valence electrons. The van der Waals surface area contributed by atoms with Gasteiger partial charge < -0.3 is 10.5 Å². The molecule has 0 aromatic heterocycles. The molecule has 0 unspecified atom stereocenters. The fraction of sp³-hybridized carbons (Fsp3) is 0.250. The molecule has 0 saturated carbocycles. The molecule has 1 rings (SSSR count). The average molecular weight is 155 g/mol. The van der Waals surface area contributed by atoms with E-state index in [0.717, 1.165) is 0 Å². The van der Waals surface area contributed by atoms with Crippen LogP contribution in [0.1, 0.15) is 5.56 Å². The van der Waals surface area contributed by atoms with Gasteiger partial charge in [0.25, 0.3) is 0 Å². The van der Waals surface area contributed by atoms with Crippen LogP contribution in [-0.2, 0) is 11.3 Å². The van der Waals surface area contributed by atoms with E-state index in [1.54, 1.807) is 7.11 Å². The van der Waals surface area contributed by atoms with Crippen LogP contribution < -0.4 is 5.73 Å². The van der Waals surface area contributed by atoms with E-state index in [4.69, 9.17) is 10.5 Å². The Morgan fingerprint density at radius 1 is 1.55 bits per heavy atom. The average Bonchev–Trinajstić information content (AvgIpc) is 1.98. The smallest absolute Gasteiger partial charge is 0.123 e. The van der Waals surface area contributed by atoms with Crippen molar-refractivity contribution in [2.45, 2.75) is 6.61 Å². The standard InChI is InChI=1S/C8H10FNO/c1-11-5-6-4-7(9)2-3-8(6)10/h2-4H,5,10H2,1H3. The van der Waals surface area contributed by atoms with Crippen molar-refractivity contribution in [1.82, 2.24) is 0 Å². The van der Waals surface area contributed by atoms with Crippen LogP contribution >= 0.6 is 0 Å². The second kappa shape index (κ2) is 3.34. The van der Waals surface area contributed by atoms with E-state index in [0.29, 0.717) is 17.9 Å². The summed E-state index contributed by atoms with van der Waals surface area (Å²) in [6, 6.07) is 4.23. The number of benzene rings is 1. The van der Waals surface area contributed by atoms with Gasteiger partial charge in [-0.1, -0.05) is 0 Å². The third-order valence-corrected chi connectivity index (χ3v) is 1.40. The summed E-state index contributed by atoms with van der Waals surface area (Å²) in [5.74, 6) is -0.286. The van der Waals surface area contributed by atoms with Gasteiger partial charge in [-0.15, -0.1) is 0 Å². The van der Waals surface area contributed by atoms with Crippen molar-refractivity contribution in [2.24, 2.45) is 0 Å². The number of nitrogens with two attached hydrogens (primary N) is 1. The summed E-state index contributed by atoms with van der Waals surface area (Å²) < 4.78 is 17.4. The molecule has 0 bridgehead atoms. The first-order valence-electron chi connectivity index (χ1n) is 3.27. The first-order chi connectivity index (χ1) is 5.24. The van der Waals surface area contributed by atoms with Crippen molar-refractivity contribution in [3.63, 3.8) is 0 Å². The van der Waals surface area contributed by atoms with E-state index in [2.05, 4.69) is 0 Å². The minimum atomic E-state index is -0.286. The summed E-state index contributed by atoms with van der Waals surface area (Å²) in [5, 5.41) is 0. The lowest BCUT2D eigenvalue weighted by Crippen LogP contribution is -1.96. The minimum Gasteiger partial charge on any atom is -0.398 e. The van der Waals surface area contributed by atoms with Gasteiger partial charge in [0.05, 0.1) is 6.61 Å². The number of hydrogen-bond acceptors (Lipinski definition) is 2. The Hall–Kier alpha value is -1.09. The fourth-order valence-corrected chi connectivity index (χ4v) is 0.855. The topological polar surface area (TPSA) is 35.2 Å². The van der Waals surface area contributed by atoms with Crippen molar-refractivity contribution in [1.29, 1.82) is 0 Å². The summed E-state index contributed by atoms with van der Waals surface area (Å²) in [6.45, 7) is 0.351. The molecule has 0 aliphatic carbocycles. The number of methoxy groups -OCH3 is 1. The minimum absolute atomic E-state index is 0.286. The van der Waals surface area contributed by atoms with E-state index in [1.807, 2.05) is 0 Å². The second-order valence-corrected chi connectivity index (χ2v) is 2.28. The number of ether oxygens (including phenoxy) is 1. The molecule has 0 radical (unpaired) electrons. The van der Waals surface area contributed by atoms with Crippen LogP contribution in [0.4, 0.5) is 10.1 Å². The van der Waals surface area contributed by atoms with Gasteiger partial charge in [-0.25, -0.2) is 4.39 Å². The molecule has 2 N–H and O–H groups in total. The number of halogens is 1. The van der Waals surface area contributed by atoms with Gasteiger partial charge in [0.1, 0.15) is 5.82 Å². The number of nitrogen functional groups attached to an aromatic ring is 1. The van der Waals surface area contributed by atoms with Crippen LogP contribution in [0, 0.1) is 5.82 Å². The van der Waals surface area contributed by atoms with Crippen molar-refractivity contribution in [3.05, 3.63) is 29.6 Å². The van der Waals surface area contributed by atoms with Gasteiger partial charge in [-0.05, 0) is 18.2 Å². The summed E-state index contributed by atoms with van der Waals surface area (Å²) in [6.07, 6.45) is 0. The fourth-order valence-electron chi connectivity index (χ4n) is 0.855. The Morgan fingerprint density at radius 2 is 2.27 bits per heavy atom. The van der Waals surface area contributed by atoms with Crippen molar-refractivity contribution >= 4 is 5.69 Å². The molecule has 0 aliphatic heterocycles. The first kappa shape index (κ1) is 8.01. The number of anilines is 1. The van der Waals surface area contributed by atoms with Crippen LogP contribution in [-0.4, -0.2) is 7.11 Å². The van der Waals surface area contributed by atoms with Crippen LogP contribution in [0.3, 0.4) is 0 Å². The van der Waals surface area contributed by atoms with Crippen molar-refractivity contribution in [3.8, 4) is 0 Å². The highest BCUT2D eigenvalue weighted by atomic mass is 19.1. The van der Waals surface area contributed by atoms with Gasteiger partial charge >= 0.3 is 0 Å². The van der Waals surface area contributed by atoms with Gasteiger partial charge in [0, 0.05) is 18.4 Å². The molecule has 0 spiro atoms. The van der Waals surface area contributed by atoms with Crippen LogP contribution in [0.2, 0.25) is 0 Å². The highest BCUT2D eigenvalue weighted by molar-refractivity contribution is 5.46. The molecule has 2 nitrogen and oxygen atoms in total. The molecule has 0 saturated heterocycles. The van der Waals surface area contributed by atoms with Crippen LogP contribution in [0.15, 0.2) is 18.2 Å². The van der Waals surface area contributed by atoms with Crippen molar-refractivity contribution < 1.29 is 9.13 Å². The molecule has 0 fully saturated rings. The van der Waals surface area contributed by atoms with E-state index in [1.165, 1.54) is 18.2 Å². The third-order valence-electron chi connectivity index (χ3n) is 1.40. The lowest BCUT2D eigenvalue weighted by atomic mass is 10.2. The van der Waals surface area contributed by atoms with Gasteiger partial charge in [-0.3, -0.25) is 0 Å². The molecule has 0 heterocycles. The van der Waals surface area contributed by atoms with Crippen LogP contribution in [0.25, 0.3) is 0 Å². The normalized spacial score (nSPS) is 10.0. The summed E-state index contributed by atoms with van der Waals surface area (Å²) in [7, 11) is 1.55. The third kappa shape index (κ3) is 1.91. The lowest BCUT2D eigenvalue weighted by Gasteiger charge is -2.02. The molecule has 1 aromatic carbocycles. The Kier molecular flexibility index (Phi) is 2.44. The molecular weight excluding hydrogens is 145 g/mol. The first-order valence-corrected chi connectivity index (χ1v) is 3.27. The molecule has 0 amide bonds. The monoisotopic (exact) mass is 155 g/mol. The molecule has 1 aromatic rings. The van der Waals surface area contributed by atoms with Gasteiger partial charge in [0.2, 0.25) is 0 Å². The Balaban J connectivity index is 2.93. The Bertz CT molecular complexity index is 250. The SMILES string of the molecule is COCc1cc(F)ccc1N. The zero-order chi connectivity index (χ0) is 8.27. The molecule has 0 atom stereocenters. The Morgan fingerprint density at radius 3 is 2.91 bits per heavy atom. The summed E-state index contributed by atoms with van der Waals surface area (Å²) in [4.78, 5) is 0. The Labute approximate surface area is 64.8 Å². The van der Waals surface area contributed by atoms with E-state index in [-0.39, 0.29) is 5.82 Å². The maximum absolute atomic E-state index is 12.6. The summed E-state index contributed by atoms with van der Waals surface area (Å²) >= 11 is 0. The maximum atomic E-state index is 12.6. The van der Waals surface area contributed by atoms with Gasteiger partial charge in [-0.2, -0.15) is 0 Å². The van der Waals surface area contributed by atoms with Crippen molar-refractivity contribution in [2.75, 3.05) is 12.8 Å². The summed E-state index contributed by atoms with van der Waals surface area (Å²) in [5.41, 5.74) is 6.78. The molecular formula is C8H10FNO. The number of hydrogen-bond donors (Lipinski definition) is 1. The second-order valence-electron chi connectivity index (χ2n) is 2.28. The maximum Gasteiger partial charge on any atom is 0.123 e. The van der Waals surface area contributed by atoms with E-state index < -0.39 is 0 Å². The number of rotatable bonds is 2.